The topological polar surface area (TPSA) is 56.8 Å². The van der Waals surface area contributed by atoms with Gasteiger partial charge in [0.05, 0.1) is 32.0 Å². The molecule has 0 atom stereocenters. The highest BCUT2D eigenvalue weighted by Gasteiger charge is 2.38. The molecule has 1 amide bonds. The summed E-state index contributed by atoms with van der Waals surface area (Å²) in [6.07, 6.45) is 6.40. The first-order valence-corrected chi connectivity index (χ1v) is 10.3. The van der Waals surface area contributed by atoms with Crippen molar-refractivity contribution < 1.29 is 23.4 Å². The number of hydrogen-bond donors (Lipinski definition) is 1. The zero-order valence-corrected chi connectivity index (χ0v) is 17.0. The molecule has 2 aliphatic rings. The third-order valence-electron chi connectivity index (χ3n) is 5.64. The van der Waals surface area contributed by atoms with Gasteiger partial charge in [-0.3, -0.25) is 4.79 Å². The van der Waals surface area contributed by atoms with Gasteiger partial charge in [-0.05, 0) is 44.6 Å². The Hall–Kier alpha value is -1.66. The number of amides is 1. The fourth-order valence-electron chi connectivity index (χ4n) is 3.38. The minimum Gasteiger partial charge on any atom is -0.493 e. The Bertz CT molecular complexity index is 654. The average molecular weight is 393 g/mol. The molecule has 5 nitrogen and oxygen atoms in total. The van der Waals surface area contributed by atoms with Gasteiger partial charge in [-0.2, -0.15) is 0 Å². The average Bonchev–Trinajstić information content (AvgIpc) is 3.41. The highest BCUT2D eigenvalue weighted by molar-refractivity contribution is 5.72. The summed E-state index contributed by atoms with van der Waals surface area (Å²) in [6.45, 7) is 5.70. The van der Waals surface area contributed by atoms with Gasteiger partial charge in [-0.1, -0.05) is 13.0 Å². The van der Waals surface area contributed by atoms with Crippen LogP contribution in [0.1, 0.15) is 57.9 Å². The van der Waals surface area contributed by atoms with Crippen LogP contribution in [0.5, 0.6) is 5.75 Å². The highest BCUT2D eigenvalue weighted by Crippen LogP contribution is 2.45. The molecular formula is C22H32FNO4. The van der Waals surface area contributed by atoms with E-state index in [1.807, 2.05) is 6.07 Å². The molecular weight excluding hydrogens is 361 g/mol. The largest absolute Gasteiger partial charge is 0.493 e. The first-order valence-electron chi connectivity index (χ1n) is 10.3. The monoisotopic (exact) mass is 393 g/mol. The highest BCUT2D eigenvalue weighted by atomic mass is 19.1. The van der Waals surface area contributed by atoms with Crippen LogP contribution < -0.4 is 10.1 Å². The van der Waals surface area contributed by atoms with E-state index in [0.717, 1.165) is 25.7 Å². The third-order valence-corrected chi connectivity index (χ3v) is 5.64. The Kier molecular flexibility index (Phi) is 7.30. The van der Waals surface area contributed by atoms with Gasteiger partial charge in [0, 0.05) is 30.5 Å². The molecule has 0 heterocycles. The molecule has 28 heavy (non-hydrogen) atoms. The summed E-state index contributed by atoms with van der Waals surface area (Å²) in [5.74, 6) is 0.282. The Morgan fingerprint density at radius 3 is 2.46 bits per heavy atom. The minimum atomic E-state index is -0.270. The van der Waals surface area contributed by atoms with Crippen molar-refractivity contribution in [2.75, 3.05) is 19.8 Å². The summed E-state index contributed by atoms with van der Waals surface area (Å²) in [5.41, 5.74) is 0.851. The molecule has 0 saturated heterocycles. The molecule has 0 radical (unpaired) electrons. The lowest BCUT2D eigenvalue weighted by molar-refractivity contribution is -0.119. The van der Waals surface area contributed by atoms with Gasteiger partial charge in [-0.25, -0.2) is 4.39 Å². The van der Waals surface area contributed by atoms with Gasteiger partial charge >= 0.3 is 0 Å². The predicted molar refractivity (Wildman–Crippen MR) is 105 cm³/mol. The first kappa shape index (κ1) is 21.1. The number of carbonyl (C=O) groups is 1. The lowest BCUT2D eigenvalue weighted by Gasteiger charge is -2.28. The van der Waals surface area contributed by atoms with E-state index in [-0.39, 0.29) is 36.0 Å². The van der Waals surface area contributed by atoms with E-state index in [2.05, 4.69) is 12.2 Å². The second-order valence-corrected chi connectivity index (χ2v) is 8.42. The fraction of sp³-hybridized carbons (Fsp3) is 0.682. The Morgan fingerprint density at radius 1 is 1.18 bits per heavy atom. The maximum absolute atomic E-state index is 14.3. The van der Waals surface area contributed by atoms with Crippen LogP contribution in [0, 0.1) is 11.2 Å². The molecule has 2 fully saturated rings. The number of halogens is 1. The van der Waals surface area contributed by atoms with E-state index in [4.69, 9.17) is 14.2 Å². The van der Waals surface area contributed by atoms with Crippen molar-refractivity contribution in [3.63, 3.8) is 0 Å². The van der Waals surface area contributed by atoms with Crippen LogP contribution in [-0.2, 0) is 20.9 Å². The van der Waals surface area contributed by atoms with Crippen LogP contribution in [-0.4, -0.2) is 37.9 Å². The molecule has 1 N–H and O–H groups in total. The molecule has 0 spiro atoms. The second-order valence-electron chi connectivity index (χ2n) is 8.42. The van der Waals surface area contributed by atoms with Crippen molar-refractivity contribution in [1.82, 2.24) is 5.32 Å². The Morgan fingerprint density at radius 2 is 1.86 bits per heavy atom. The third kappa shape index (κ3) is 6.74. The maximum atomic E-state index is 14.3. The first-order chi connectivity index (χ1) is 13.4. The van der Waals surface area contributed by atoms with E-state index in [1.54, 1.807) is 6.07 Å². The standard InChI is InChI=1S/C22H32FNO4/c1-16(25)24-11-12-26-18-5-7-19(8-6-18)27-14-17-3-4-20(13-21(17)23)28-15-22(2)9-10-22/h3-4,13,18-19H,5-12,14-15H2,1-2H3,(H,24,25). The summed E-state index contributed by atoms with van der Waals surface area (Å²) in [5, 5.41) is 2.73. The molecule has 156 valence electrons. The smallest absolute Gasteiger partial charge is 0.216 e. The van der Waals surface area contributed by atoms with Crippen LogP contribution in [0.15, 0.2) is 18.2 Å². The lowest BCUT2D eigenvalue weighted by atomic mass is 9.95. The zero-order valence-electron chi connectivity index (χ0n) is 17.0. The van der Waals surface area contributed by atoms with Gasteiger partial charge < -0.3 is 19.5 Å². The summed E-state index contributed by atoms with van der Waals surface area (Å²) >= 11 is 0. The van der Waals surface area contributed by atoms with E-state index >= 15 is 0 Å². The van der Waals surface area contributed by atoms with Crippen LogP contribution in [0.4, 0.5) is 4.39 Å². The van der Waals surface area contributed by atoms with Gasteiger partial charge in [0.15, 0.2) is 0 Å². The van der Waals surface area contributed by atoms with Crippen LogP contribution in [0.25, 0.3) is 0 Å². The SMILES string of the molecule is CC(=O)NCCOC1CCC(OCc2ccc(OCC3(C)CC3)cc2F)CC1. The van der Waals surface area contributed by atoms with Crippen molar-refractivity contribution in [3.05, 3.63) is 29.6 Å². The van der Waals surface area contributed by atoms with Crippen LogP contribution in [0.3, 0.4) is 0 Å². The van der Waals surface area contributed by atoms with Gasteiger partial charge in [0.2, 0.25) is 5.91 Å². The van der Waals surface area contributed by atoms with Crippen LogP contribution in [0.2, 0.25) is 0 Å². The molecule has 0 bridgehead atoms. The van der Waals surface area contributed by atoms with Gasteiger partial charge in [0.25, 0.3) is 0 Å². The van der Waals surface area contributed by atoms with Crippen molar-refractivity contribution in [1.29, 1.82) is 0 Å². The zero-order chi connectivity index (χ0) is 20.0. The number of ether oxygens (including phenoxy) is 3. The minimum absolute atomic E-state index is 0.0373. The number of benzene rings is 1. The van der Waals surface area contributed by atoms with E-state index in [1.165, 1.54) is 25.8 Å². The van der Waals surface area contributed by atoms with E-state index in [0.29, 0.717) is 31.1 Å². The summed E-state index contributed by atoms with van der Waals surface area (Å²) in [7, 11) is 0. The maximum Gasteiger partial charge on any atom is 0.216 e. The summed E-state index contributed by atoms with van der Waals surface area (Å²) in [4.78, 5) is 10.8. The summed E-state index contributed by atoms with van der Waals surface area (Å²) in [6, 6.07) is 5.05. The molecule has 0 unspecified atom stereocenters. The van der Waals surface area contributed by atoms with Crippen molar-refractivity contribution >= 4 is 5.91 Å². The molecule has 1 aromatic carbocycles. The predicted octanol–water partition coefficient (Wildman–Crippen LogP) is 3.99. The molecule has 1 aromatic rings. The Labute approximate surface area is 166 Å². The van der Waals surface area contributed by atoms with E-state index in [9.17, 15) is 9.18 Å². The summed E-state index contributed by atoms with van der Waals surface area (Å²) < 4.78 is 31.7. The number of nitrogens with one attached hydrogen (secondary N) is 1. The van der Waals surface area contributed by atoms with Gasteiger partial charge in [0.1, 0.15) is 11.6 Å². The molecule has 2 aliphatic carbocycles. The second kappa shape index (κ2) is 9.70. The molecule has 0 aromatic heterocycles. The quantitative estimate of drug-likeness (QED) is 0.611. The molecule has 3 rings (SSSR count). The van der Waals surface area contributed by atoms with Crippen LogP contribution >= 0.6 is 0 Å². The van der Waals surface area contributed by atoms with Crippen molar-refractivity contribution in [2.24, 2.45) is 5.41 Å². The van der Waals surface area contributed by atoms with Crippen molar-refractivity contribution in [3.8, 4) is 5.75 Å². The van der Waals surface area contributed by atoms with E-state index < -0.39 is 0 Å². The van der Waals surface area contributed by atoms with Crippen molar-refractivity contribution in [2.45, 2.75) is 71.2 Å². The molecule has 2 saturated carbocycles. The number of rotatable bonds is 10. The Balaban J connectivity index is 1.34. The molecule has 6 heteroatoms. The number of carbonyl (C=O) groups excluding carboxylic acids is 1. The molecule has 0 aliphatic heterocycles. The number of hydrogen-bond acceptors (Lipinski definition) is 4. The lowest BCUT2D eigenvalue weighted by Crippen LogP contribution is -2.30. The van der Waals surface area contributed by atoms with Gasteiger partial charge in [-0.15, -0.1) is 0 Å². The fourth-order valence-corrected chi connectivity index (χ4v) is 3.38. The normalized spacial score (nSPS) is 23.2.